The number of fused-ring (bicyclic) bond motifs is 7. The Morgan fingerprint density at radius 3 is 1.69 bits per heavy atom. The molecule has 62 heavy (non-hydrogen) atoms. The summed E-state index contributed by atoms with van der Waals surface area (Å²) in [4.78, 5) is 10.6. The normalized spacial score (nSPS) is 12.8. The SMILES string of the molecule is CC1(C)c2cc(-c3cccc(-c4cc(-c5cc(-c6ccccc6)cc(-c6ccc7sc8ccccc8c7c6)c5)nc(-c5ccccc5)n4)c3)ccc2-c2cc3ccccc3cc21. The van der Waals surface area contributed by atoms with Gasteiger partial charge in [0, 0.05) is 42.3 Å². The van der Waals surface area contributed by atoms with Gasteiger partial charge in [0.05, 0.1) is 11.4 Å². The van der Waals surface area contributed by atoms with Gasteiger partial charge < -0.3 is 0 Å². The summed E-state index contributed by atoms with van der Waals surface area (Å²) in [6, 6.07) is 75.0. The van der Waals surface area contributed by atoms with Crippen LogP contribution in [0, 0.1) is 0 Å². The summed E-state index contributed by atoms with van der Waals surface area (Å²) in [6.45, 7) is 4.72. The number of rotatable bonds is 6. The van der Waals surface area contributed by atoms with Crippen molar-refractivity contribution in [1.82, 2.24) is 9.97 Å². The van der Waals surface area contributed by atoms with Crippen LogP contribution < -0.4 is 0 Å². The molecule has 9 aromatic carbocycles. The van der Waals surface area contributed by atoms with Gasteiger partial charge in [-0.3, -0.25) is 0 Å². The second kappa shape index (κ2) is 14.3. The Bertz CT molecular complexity index is 3540. The van der Waals surface area contributed by atoms with Crippen LogP contribution in [-0.2, 0) is 5.41 Å². The van der Waals surface area contributed by atoms with Gasteiger partial charge in [0.15, 0.2) is 5.82 Å². The van der Waals surface area contributed by atoms with Crippen molar-refractivity contribution in [2.45, 2.75) is 19.3 Å². The lowest BCUT2D eigenvalue weighted by Gasteiger charge is -2.22. The van der Waals surface area contributed by atoms with Gasteiger partial charge in [-0.25, -0.2) is 9.97 Å². The zero-order chi connectivity index (χ0) is 41.4. The first-order chi connectivity index (χ1) is 30.4. The standard InChI is InChI=1S/C59H40N2S/c1-59(2)52-35-43(24-26-48(52)50-32-40-18-9-10-19-41(40)34-53(50)59)39-20-13-21-44(28-39)54-36-55(61-58(60-54)38-16-7-4-8-17-38)47-30-45(37-14-5-3-6-15-37)29-46(31-47)42-25-27-57-51(33-42)49-22-11-12-23-56(49)62-57/h3-36H,1-2H3. The molecule has 0 saturated carbocycles. The maximum atomic E-state index is 5.32. The minimum Gasteiger partial charge on any atom is -0.228 e. The van der Waals surface area contributed by atoms with Crippen LogP contribution in [0.2, 0.25) is 0 Å². The van der Waals surface area contributed by atoms with Crippen LogP contribution in [0.4, 0.5) is 0 Å². The molecular weight excluding hydrogens is 769 g/mol. The zero-order valence-corrected chi connectivity index (χ0v) is 35.2. The summed E-state index contributed by atoms with van der Waals surface area (Å²) >= 11 is 1.85. The summed E-state index contributed by atoms with van der Waals surface area (Å²) in [6.07, 6.45) is 0. The van der Waals surface area contributed by atoms with Gasteiger partial charge in [0.25, 0.3) is 0 Å². The fraction of sp³-hybridized carbons (Fsp3) is 0.0508. The molecule has 2 heterocycles. The molecule has 12 rings (SSSR count). The molecule has 0 saturated heterocycles. The summed E-state index contributed by atoms with van der Waals surface area (Å²) in [5.41, 5.74) is 17.1. The van der Waals surface area contributed by atoms with Crippen LogP contribution >= 0.6 is 11.3 Å². The second-order valence-electron chi connectivity index (χ2n) is 17.0. The third-order valence-electron chi connectivity index (χ3n) is 12.8. The molecule has 0 radical (unpaired) electrons. The fourth-order valence-electron chi connectivity index (χ4n) is 9.56. The Morgan fingerprint density at radius 1 is 0.339 bits per heavy atom. The lowest BCUT2D eigenvalue weighted by atomic mass is 9.81. The molecule has 0 bridgehead atoms. The van der Waals surface area contributed by atoms with E-state index in [-0.39, 0.29) is 5.41 Å². The highest BCUT2D eigenvalue weighted by molar-refractivity contribution is 7.25. The molecule has 1 aliphatic rings. The fourth-order valence-corrected chi connectivity index (χ4v) is 10.6. The minimum absolute atomic E-state index is 0.120. The Morgan fingerprint density at radius 2 is 0.887 bits per heavy atom. The lowest BCUT2D eigenvalue weighted by molar-refractivity contribution is 0.661. The molecule has 11 aromatic rings. The number of thiophene rings is 1. The molecule has 0 fully saturated rings. The van der Waals surface area contributed by atoms with Crippen molar-refractivity contribution in [3.05, 3.63) is 217 Å². The van der Waals surface area contributed by atoms with Gasteiger partial charge in [-0.05, 0) is 133 Å². The molecule has 0 aliphatic heterocycles. The maximum absolute atomic E-state index is 5.32. The molecule has 0 unspecified atom stereocenters. The Balaban J connectivity index is 0.992. The summed E-state index contributed by atoms with van der Waals surface area (Å²) in [7, 11) is 0. The van der Waals surface area contributed by atoms with E-state index in [4.69, 9.17) is 9.97 Å². The smallest absolute Gasteiger partial charge is 0.160 e. The van der Waals surface area contributed by atoms with Gasteiger partial charge in [-0.15, -0.1) is 11.3 Å². The highest BCUT2D eigenvalue weighted by Gasteiger charge is 2.36. The number of nitrogens with zero attached hydrogens (tertiary/aromatic N) is 2. The molecule has 0 spiro atoms. The van der Waals surface area contributed by atoms with Crippen molar-refractivity contribution >= 4 is 42.3 Å². The van der Waals surface area contributed by atoms with Gasteiger partial charge in [-0.2, -0.15) is 0 Å². The summed E-state index contributed by atoms with van der Waals surface area (Å²) in [5, 5.41) is 5.15. The first-order valence-corrected chi connectivity index (χ1v) is 22.1. The number of aromatic nitrogens is 2. The molecule has 292 valence electrons. The number of hydrogen-bond donors (Lipinski definition) is 0. The largest absolute Gasteiger partial charge is 0.228 e. The van der Waals surface area contributed by atoms with Crippen LogP contribution in [0.25, 0.3) is 109 Å². The monoisotopic (exact) mass is 808 g/mol. The van der Waals surface area contributed by atoms with E-state index >= 15 is 0 Å². The Labute approximate surface area is 365 Å². The molecular formula is C59H40N2S. The predicted octanol–water partition coefficient (Wildman–Crippen LogP) is 16.3. The van der Waals surface area contributed by atoms with E-state index in [2.05, 4.69) is 214 Å². The van der Waals surface area contributed by atoms with Crippen molar-refractivity contribution in [3.8, 4) is 78.4 Å². The van der Waals surface area contributed by atoms with Crippen LogP contribution in [0.1, 0.15) is 25.0 Å². The average Bonchev–Trinajstić information content (AvgIpc) is 3.81. The van der Waals surface area contributed by atoms with Crippen LogP contribution in [0.5, 0.6) is 0 Å². The minimum atomic E-state index is -0.120. The Hall–Kier alpha value is -7.46. The Kier molecular flexibility index (Phi) is 8.41. The van der Waals surface area contributed by atoms with E-state index in [1.807, 2.05) is 17.4 Å². The second-order valence-corrected chi connectivity index (χ2v) is 18.1. The highest BCUT2D eigenvalue weighted by Crippen LogP contribution is 2.51. The lowest BCUT2D eigenvalue weighted by Crippen LogP contribution is -2.15. The van der Waals surface area contributed by atoms with Crippen molar-refractivity contribution in [2.24, 2.45) is 0 Å². The number of benzene rings is 9. The van der Waals surface area contributed by atoms with Crippen molar-refractivity contribution in [1.29, 1.82) is 0 Å². The van der Waals surface area contributed by atoms with Crippen LogP contribution in [0.3, 0.4) is 0 Å². The third-order valence-corrected chi connectivity index (χ3v) is 14.0. The molecule has 0 atom stereocenters. The first kappa shape index (κ1) is 36.4. The van der Waals surface area contributed by atoms with E-state index in [0.29, 0.717) is 5.82 Å². The van der Waals surface area contributed by atoms with Crippen molar-refractivity contribution in [3.63, 3.8) is 0 Å². The van der Waals surface area contributed by atoms with Gasteiger partial charge >= 0.3 is 0 Å². The molecule has 2 nitrogen and oxygen atoms in total. The predicted molar refractivity (Wildman–Crippen MR) is 263 cm³/mol. The highest BCUT2D eigenvalue weighted by atomic mass is 32.1. The molecule has 0 N–H and O–H groups in total. The first-order valence-electron chi connectivity index (χ1n) is 21.3. The van der Waals surface area contributed by atoms with Crippen LogP contribution in [-0.4, -0.2) is 9.97 Å². The van der Waals surface area contributed by atoms with E-state index in [9.17, 15) is 0 Å². The average molecular weight is 809 g/mol. The summed E-state index contributed by atoms with van der Waals surface area (Å²) < 4.78 is 2.61. The maximum Gasteiger partial charge on any atom is 0.160 e. The molecule has 3 heteroatoms. The molecule has 0 amide bonds. The van der Waals surface area contributed by atoms with Crippen LogP contribution in [0.15, 0.2) is 206 Å². The third kappa shape index (κ3) is 6.16. The van der Waals surface area contributed by atoms with E-state index in [1.165, 1.54) is 64.3 Å². The summed E-state index contributed by atoms with van der Waals surface area (Å²) in [5.74, 6) is 0.700. The quantitative estimate of drug-likeness (QED) is 0.167. The van der Waals surface area contributed by atoms with E-state index in [1.54, 1.807) is 0 Å². The topological polar surface area (TPSA) is 25.8 Å². The van der Waals surface area contributed by atoms with E-state index in [0.717, 1.165) is 50.3 Å². The van der Waals surface area contributed by atoms with E-state index < -0.39 is 0 Å². The van der Waals surface area contributed by atoms with Crippen molar-refractivity contribution < 1.29 is 0 Å². The van der Waals surface area contributed by atoms with Gasteiger partial charge in [0.1, 0.15) is 0 Å². The van der Waals surface area contributed by atoms with Gasteiger partial charge in [0.2, 0.25) is 0 Å². The number of hydrogen-bond acceptors (Lipinski definition) is 3. The van der Waals surface area contributed by atoms with Crippen molar-refractivity contribution in [2.75, 3.05) is 0 Å². The molecule has 2 aromatic heterocycles. The zero-order valence-electron chi connectivity index (χ0n) is 34.4. The van der Waals surface area contributed by atoms with Gasteiger partial charge in [-0.1, -0.05) is 153 Å². The molecule has 1 aliphatic carbocycles.